The van der Waals surface area contributed by atoms with E-state index in [0.717, 1.165) is 22.6 Å². The molecule has 0 saturated carbocycles. The van der Waals surface area contributed by atoms with Crippen molar-refractivity contribution in [1.29, 1.82) is 0 Å². The first-order valence-electron chi connectivity index (χ1n) is 7.89. The van der Waals surface area contributed by atoms with E-state index >= 15 is 0 Å². The van der Waals surface area contributed by atoms with Gasteiger partial charge in [0.05, 0.1) is 13.0 Å². The van der Waals surface area contributed by atoms with Gasteiger partial charge < -0.3 is 9.47 Å². The van der Waals surface area contributed by atoms with Crippen LogP contribution in [0.1, 0.15) is 22.6 Å². The smallest absolute Gasteiger partial charge is 0.129 e. The van der Waals surface area contributed by atoms with Crippen LogP contribution in [0.15, 0.2) is 42.5 Å². The Bertz CT molecular complexity index is 778. The molecular formula is C20H22O2Si. The second kappa shape index (κ2) is 6.14. The van der Waals surface area contributed by atoms with Crippen LogP contribution >= 0.6 is 0 Å². The summed E-state index contributed by atoms with van der Waals surface area (Å²) in [4.78, 5) is 0. The Hall–Kier alpha value is -2.18. The SMILES string of the molecule is COc1ccc2c(c1)COc1ccccc1C2C#C[Si](C)(C)C. The maximum absolute atomic E-state index is 6.02. The third-order valence-corrected chi connectivity index (χ3v) is 4.76. The molecule has 0 fully saturated rings. The molecule has 1 heterocycles. The van der Waals surface area contributed by atoms with Crippen molar-refractivity contribution in [3.05, 3.63) is 59.2 Å². The second-order valence-corrected chi connectivity index (χ2v) is 11.6. The van der Waals surface area contributed by atoms with Gasteiger partial charge in [0.2, 0.25) is 0 Å². The molecule has 3 heteroatoms. The lowest BCUT2D eigenvalue weighted by Gasteiger charge is -2.15. The van der Waals surface area contributed by atoms with Gasteiger partial charge >= 0.3 is 0 Å². The van der Waals surface area contributed by atoms with Gasteiger partial charge in [0.15, 0.2) is 0 Å². The van der Waals surface area contributed by atoms with Gasteiger partial charge in [-0.2, -0.15) is 0 Å². The number of benzene rings is 2. The largest absolute Gasteiger partial charge is 0.497 e. The maximum atomic E-state index is 6.02. The van der Waals surface area contributed by atoms with Crippen LogP contribution in [-0.2, 0) is 6.61 Å². The number of hydrogen-bond donors (Lipinski definition) is 0. The molecule has 1 aliphatic heterocycles. The molecule has 1 atom stereocenters. The average molecular weight is 322 g/mol. The highest BCUT2D eigenvalue weighted by atomic mass is 28.3. The molecule has 2 aromatic rings. The van der Waals surface area contributed by atoms with Crippen LogP contribution < -0.4 is 9.47 Å². The molecule has 0 aromatic heterocycles. The molecule has 118 valence electrons. The lowest BCUT2D eigenvalue weighted by molar-refractivity contribution is 0.306. The zero-order valence-corrected chi connectivity index (χ0v) is 15.1. The first-order chi connectivity index (χ1) is 11.0. The predicted octanol–water partition coefficient (Wildman–Crippen LogP) is 4.60. The first kappa shape index (κ1) is 15.7. The number of para-hydroxylation sites is 1. The van der Waals surface area contributed by atoms with Crippen LogP contribution in [0.3, 0.4) is 0 Å². The molecule has 2 aromatic carbocycles. The molecule has 3 rings (SSSR count). The van der Waals surface area contributed by atoms with Gasteiger partial charge in [0.1, 0.15) is 26.2 Å². The van der Waals surface area contributed by atoms with Gasteiger partial charge in [0, 0.05) is 5.56 Å². The molecule has 0 spiro atoms. The summed E-state index contributed by atoms with van der Waals surface area (Å²) < 4.78 is 11.4. The summed E-state index contributed by atoms with van der Waals surface area (Å²) >= 11 is 0. The highest BCUT2D eigenvalue weighted by molar-refractivity contribution is 6.83. The van der Waals surface area contributed by atoms with E-state index in [1.54, 1.807) is 7.11 Å². The number of fused-ring (bicyclic) bond motifs is 2. The normalized spacial score (nSPS) is 16.1. The monoisotopic (exact) mass is 322 g/mol. The van der Waals surface area contributed by atoms with E-state index in [0.29, 0.717) is 6.61 Å². The molecule has 0 bridgehead atoms. The third-order valence-electron chi connectivity index (χ3n) is 3.87. The standard InChI is InChI=1S/C20H22O2Si/c1-21-16-9-10-17-15(13-16)14-22-20-8-6-5-7-19(20)18(17)11-12-23(2,3)4/h5-10,13,18H,14H2,1-4H3. The summed E-state index contributed by atoms with van der Waals surface area (Å²) in [6.45, 7) is 7.37. The van der Waals surface area contributed by atoms with E-state index in [1.807, 2.05) is 18.2 Å². The van der Waals surface area contributed by atoms with Crippen molar-refractivity contribution in [2.75, 3.05) is 7.11 Å². The number of ether oxygens (including phenoxy) is 2. The minimum Gasteiger partial charge on any atom is -0.497 e. The molecule has 23 heavy (non-hydrogen) atoms. The van der Waals surface area contributed by atoms with Crippen molar-refractivity contribution in [2.24, 2.45) is 0 Å². The Morgan fingerprint density at radius 1 is 1.09 bits per heavy atom. The van der Waals surface area contributed by atoms with Crippen molar-refractivity contribution < 1.29 is 9.47 Å². The van der Waals surface area contributed by atoms with Crippen molar-refractivity contribution in [2.45, 2.75) is 32.2 Å². The van der Waals surface area contributed by atoms with E-state index in [-0.39, 0.29) is 5.92 Å². The molecule has 0 aliphatic carbocycles. The fourth-order valence-electron chi connectivity index (χ4n) is 2.73. The zero-order valence-electron chi connectivity index (χ0n) is 14.1. The van der Waals surface area contributed by atoms with Crippen LogP contribution in [-0.4, -0.2) is 15.2 Å². The maximum Gasteiger partial charge on any atom is 0.129 e. The predicted molar refractivity (Wildman–Crippen MR) is 96.7 cm³/mol. The lowest BCUT2D eigenvalue weighted by atomic mass is 9.89. The van der Waals surface area contributed by atoms with Crippen LogP contribution in [0.5, 0.6) is 11.5 Å². The highest BCUT2D eigenvalue weighted by Gasteiger charge is 2.24. The summed E-state index contributed by atoms with van der Waals surface area (Å²) in [7, 11) is 0.246. The van der Waals surface area contributed by atoms with E-state index in [1.165, 1.54) is 5.56 Å². The minimum atomic E-state index is -1.44. The Balaban J connectivity index is 2.16. The Kier molecular flexibility index (Phi) is 4.19. The lowest BCUT2D eigenvalue weighted by Crippen LogP contribution is -2.17. The molecule has 0 saturated heterocycles. The van der Waals surface area contributed by atoms with Crippen molar-refractivity contribution in [3.63, 3.8) is 0 Å². The van der Waals surface area contributed by atoms with Crippen LogP contribution in [0.25, 0.3) is 0 Å². The van der Waals surface area contributed by atoms with E-state index in [9.17, 15) is 0 Å². The molecule has 2 nitrogen and oxygen atoms in total. The summed E-state index contributed by atoms with van der Waals surface area (Å²) in [5.74, 6) is 5.38. The zero-order chi connectivity index (χ0) is 16.4. The molecular weight excluding hydrogens is 300 g/mol. The van der Waals surface area contributed by atoms with E-state index in [4.69, 9.17) is 9.47 Å². The third kappa shape index (κ3) is 3.43. The minimum absolute atomic E-state index is 0.0568. The number of methoxy groups -OCH3 is 1. The number of hydrogen-bond acceptors (Lipinski definition) is 2. The van der Waals surface area contributed by atoms with Crippen LogP contribution in [0.4, 0.5) is 0 Å². The Labute approximate surface area is 139 Å². The highest BCUT2D eigenvalue weighted by Crippen LogP contribution is 2.38. The van der Waals surface area contributed by atoms with Gasteiger partial charge in [-0.3, -0.25) is 0 Å². The van der Waals surface area contributed by atoms with E-state index in [2.05, 4.69) is 55.4 Å². The fourth-order valence-corrected chi connectivity index (χ4v) is 3.31. The molecule has 1 unspecified atom stereocenters. The summed E-state index contributed by atoms with van der Waals surface area (Å²) in [6.07, 6.45) is 0. The fraction of sp³-hybridized carbons (Fsp3) is 0.300. The average Bonchev–Trinajstić information content (AvgIpc) is 2.68. The van der Waals surface area contributed by atoms with Crippen LogP contribution in [0, 0.1) is 11.5 Å². The molecule has 1 aliphatic rings. The second-order valence-electron chi connectivity index (χ2n) is 6.84. The summed E-state index contributed by atoms with van der Waals surface area (Å²) in [5.41, 5.74) is 7.06. The Morgan fingerprint density at radius 2 is 1.87 bits per heavy atom. The number of rotatable bonds is 1. The first-order valence-corrected chi connectivity index (χ1v) is 11.4. The summed E-state index contributed by atoms with van der Waals surface area (Å²) in [6, 6.07) is 14.4. The Morgan fingerprint density at radius 3 is 2.61 bits per heavy atom. The van der Waals surface area contributed by atoms with Crippen molar-refractivity contribution in [3.8, 4) is 23.0 Å². The quantitative estimate of drug-likeness (QED) is 0.564. The summed E-state index contributed by atoms with van der Waals surface area (Å²) in [5, 5.41) is 0. The van der Waals surface area contributed by atoms with Gasteiger partial charge in [0.25, 0.3) is 0 Å². The van der Waals surface area contributed by atoms with Crippen LogP contribution in [0.2, 0.25) is 19.6 Å². The topological polar surface area (TPSA) is 18.5 Å². The van der Waals surface area contributed by atoms with Crippen molar-refractivity contribution >= 4 is 8.07 Å². The van der Waals surface area contributed by atoms with Gasteiger partial charge in [-0.05, 0) is 29.3 Å². The van der Waals surface area contributed by atoms with E-state index < -0.39 is 8.07 Å². The molecule has 0 N–H and O–H groups in total. The molecule has 0 radical (unpaired) electrons. The van der Waals surface area contributed by atoms with Gasteiger partial charge in [-0.25, -0.2) is 0 Å². The van der Waals surface area contributed by atoms with Gasteiger partial charge in [-0.15, -0.1) is 5.54 Å². The van der Waals surface area contributed by atoms with Crippen molar-refractivity contribution in [1.82, 2.24) is 0 Å². The van der Waals surface area contributed by atoms with Gasteiger partial charge in [-0.1, -0.05) is 49.8 Å². The molecule has 0 amide bonds.